The highest BCUT2D eigenvalue weighted by molar-refractivity contribution is 7.07. The van der Waals surface area contributed by atoms with Gasteiger partial charge in [-0.25, -0.2) is 9.98 Å². The first-order valence-corrected chi connectivity index (χ1v) is 9.58. The second-order valence-corrected chi connectivity index (χ2v) is 6.89. The maximum Gasteiger partial charge on any atom is 0.191 e. The smallest absolute Gasteiger partial charge is 0.191 e. The van der Waals surface area contributed by atoms with Crippen molar-refractivity contribution in [2.24, 2.45) is 12.0 Å². The van der Waals surface area contributed by atoms with E-state index in [0.717, 1.165) is 35.9 Å². The lowest BCUT2D eigenvalue weighted by Gasteiger charge is -2.15. The zero-order valence-corrected chi connectivity index (χ0v) is 15.8. The van der Waals surface area contributed by atoms with Crippen LogP contribution in [0.3, 0.4) is 0 Å². The molecule has 0 radical (unpaired) electrons. The first-order chi connectivity index (χ1) is 12.2. The molecule has 0 aliphatic rings. The van der Waals surface area contributed by atoms with Crippen LogP contribution in [0.25, 0.3) is 11.0 Å². The molecule has 132 valence electrons. The molecular formula is C19H25N5S. The average Bonchev–Trinajstić information content (AvgIpc) is 3.26. The molecule has 3 rings (SSSR count). The van der Waals surface area contributed by atoms with Gasteiger partial charge in [-0.15, -0.1) is 0 Å². The summed E-state index contributed by atoms with van der Waals surface area (Å²) >= 11 is 1.74. The van der Waals surface area contributed by atoms with Crippen molar-refractivity contribution in [3.05, 3.63) is 52.5 Å². The summed E-state index contributed by atoms with van der Waals surface area (Å²) in [7, 11) is 2.04. The van der Waals surface area contributed by atoms with E-state index in [2.05, 4.69) is 56.9 Å². The van der Waals surface area contributed by atoms with Crippen molar-refractivity contribution in [3.8, 4) is 0 Å². The van der Waals surface area contributed by atoms with Gasteiger partial charge < -0.3 is 15.2 Å². The molecular weight excluding hydrogens is 330 g/mol. The second kappa shape index (κ2) is 8.16. The normalized spacial score (nSPS) is 13.2. The van der Waals surface area contributed by atoms with Crippen molar-refractivity contribution in [2.45, 2.75) is 26.3 Å². The van der Waals surface area contributed by atoms with Crippen LogP contribution in [-0.4, -0.2) is 28.6 Å². The number of hydrogen-bond acceptors (Lipinski definition) is 3. The van der Waals surface area contributed by atoms with Gasteiger partial charge in [0.05, 0.1) is 11.0 Å². The number of rotatable bonds is 6. The number of imidazole rings is 1. The van der Waals surface area contributed by atoms with E-state index in [9.17, 15) is 0 Å². The Hall–Kier alpha value is -2.34. The maximum atomic E-state index is 4.71. The number of guanidine groups is 1. The second-order valence-electron chi connectivity index (χ2n) is 6.11. The predicted molar refractivity (Wildman–Crippen MR) is 106 cm³/mol. The number of para-hydroxylation sites is 2. The van der Waals surface area contributed by atoms with Gasteiger partial charge in [-0.1, -0.05) is 19.1 Å². The van der Waals surface area contributed by atoms with Crippen molar-refractivity contribution < 1.29 is 0 Å². The third-order valence-electron chi connectivity index (χ3n) is 4.29. The summed E-state index contributed by atoms with van der Waals surface area (Å²) in [5.74, 6) is 2.24. The van der Waals surface area contributed by atoms with Crippen molar-refractivity contribution >= 4 is 28.3 Å². The summed E-state index contributed by atoms with van der Waals surface area (Å²) < 4.78 is 2.11. The molecule has 2 heterocycles. The van der Waals surface area contributed by atoms with Gasteiger partial charge in [0.1, 0.15) is 12.4 Å². The standard InChI is InChI=1S/C19H25N5S/c1-4-20-19(21-11-14(2)15-9-10-25-13-15)22-12-18-23-16-7-5-6-8-17(16)24(18)3/h5-10,13-14H,4,11-12H2,1-3H3,(H2,20,21,22). The molecule has 3 aromatic rings. The Morgan fingerprint density at radius 1 is 1.28 bits per heavy atom. The van der Waals surface area contributed by atoms with E-state index in [1.165, 1.54) is 5.56 Å². The SMILES string of the molecule is CCNC(=NCc1nc2ccccc2n1C)NCC(C)c1ccsc1. The molecule has 2 N–H and O–H groups in total. The number of aryl methyl sites for hydroxylation is 1. The van der Waals surface area contributed by atoms with Gasteiger partial charge in [0, 0.05) is 20.1 Å². The third-order valence-corrected chi connectivity index (χ3v) is 4.99. The number of thiophene rings is 1. The van der Waals surface area contributed by atoms with Gasteiger partial charge in [0.15, 0.2) is 5.96 Å². The number of hydrogen-bond donors (Lipinski definition) is 2. The van der Waals surface area contributed by atoms with Crippen molar-refractivity contribution in [1.29, 1.82) is 0 Å². The third kappa shape index (κ3) is 4.20. The van der Waals surface area contributed by atoms with Gasteiger partial charge in [-0.05, 0) is 47.4 Å². The number of nitrogens with zero attached hydrogens (tertiary/aromatic N) is 3. The fraction of sp³-hybridized carbons (Fsp3) is 0.368. The molecule has 0 saturated heterocycles. The lowest BCUT2D eigenvalue weighted by Crippen LogP contribution is -2.39. The summed E-state index contributed by atoms with van der Waals surface area (Å²) in [4.78, 5) is 9.39. The van der Waals surface area contributed by atoms with Crippen LogP contribution in [0.15, 0.2) is 46.1 Å². The number of benzene rings is 1. The minimum Gasteiger partial charge on any atom is -0.357 e. The molecule has 0 spiro atoms. The van der Waals surface area contributed by atoms with E-state index in [1.54, 1.807) is 11.3 Å². The molecule has 0 aliphatic heterocycles. The van der Waals surface area contributed by atoms with Crippen LogP contribution in [0.2, 0.25) is 0 Å². The average molecular weight is 356 g/mol. The van der Waals surface area contributed by atoms with Gasteiger partial charge in [-0.3, -0.25) is 0 Å². The Balaban J connectivity index is 1.67. The van der Waals surface area contributed by atoms with E-state index >= 15 is 0 Å². The number of aromatic nitrogens is 2. The highest BCUT2D eigenvalue weighted by atomic mass is 32.1. The topological polar surface area (TPSA) is 54.2 Å². The van der Waals surface area contributed by atoms with E-state index in [-0.39, 0.29) is 0 Å². The molecule has 1 unspecified atom stereocenters. The molecule has 2 aromatic heterocycles. The zero-order valence-electron chi connectivity index (χ0n) is 15.0. The van der Waals surface area contributed by atoms with Crippen molar-refractivity contribution in [3.63, 3.8) is 0 Å². The van der Waals surface area contributed by atoms with Crippen molar-refractivity contribution in [1.82, 2.24) is 20.2 Å². The minimum atomic E-state index is 0.450. The van der Waals surface area contributed by atoms with E-state index in [0.29, 0.717) is 12.5 Å². The van der Waals surface area contributed by atoms with Gasteiger partial charge in [0.25, 0.3) is 0 Å². The predicted octanol–water partition coefficient (Wildman–Crippen LogP) is 3.49. The fourth-order valence-corrected chi connectivity index (χ4v) is 3.53. The molecule has 25 heavy (non-hydrogen) atoms. The van der Waals surface area contributed by atoms with Crippen molar-refractivity contribution in [2.75, 3.05) is 13.1 Å². The Bertz CT molecular complexity index is 835. The van der Waals surface area contributed by atoms with Crippen LogP contribution >= 0.6 is 11.3 Å². The molecule has 1 atom stereocenters. The Labute approximate surface area is 152 Å². The lowest BCUT2D eigenvalue weighted by atomic mass is 10.1. The molecule has 6 heteroatoms. The quantitative estimate of drug-likeness (QED) is 0.526. The van der Waals surface area contributed by atoms with E-state index < -0.39 is 0 Å². The van der Waals surface area contributed by atoms with Crippen LogP contribution < -0.4 is 10.6 Å². The fourth-order valence-electron chi connectivity index (χ4n) is 2.75. The molecule has 0 aliphatic carbocycles. The molecule has 0 fully saturated rings. The largest absolute Gasteiger partial charge is 0.357 e. The minimum absolute atomic E-state index is 0.450. The van der Waals surface area contributed by atoms with Gasteiger partial charge in [0.2, 0.25) is 0 Å². The van der Waals surface area contributed by atoms with Crippen LogP contribution in [0.4, 0.5) is 0 Å². The molecule has 0 amide bonds. The lowest BCUT2D eigenvalue weighted by molar-refractivity contribution is 0.698. The summed E-state index contributed by atoms with van der Waals surface area (Å²) in [5, 5.41) is 11.1. The maximum absolute atomic E-state index is 4.71. The van der Waals surface area contributed by atoms with E-state index in [1.807, 2.05) is 25.2 Å². The Morgan fingerprint density at radius 2 is 2.12 bits per heavy atom. The number of fused-ring (bicyclic) bond motifs is 1. The summed E-state index contributed by atoms with van der Waals surface area (Å²) in [5.41, 5.74) is 3.51. The van der Waals surface area contributed by atoms with Crippen LogP contribution in [0.1, 0.15) is 31.2 Å². The Morgan fingerprint density at radius 3 is 2.84 bits per heavy atom. The molecule has 5 nitrogen and oxygen atoms in total. The van der Waals surface area contributed by atoms with Crippen LogP contribution in [0, 0.1) is 0 Å². The highest BCUT2D eigenvalue weighted by Gasteiger charge is 2.09. The van der Waals surface area contributed by atoms with E-state index in [4.69, 9.17) is 4.99 Å². The highest BCUT2D eigenvalue weighted by Crippen LogP contribution is 2.17. The van der Waals surface area contributed by atoms with Gasteiger partial charge in [-0.2, -0.15) is 11.3 Å². The summed E-state index contributed by atoms with van der Waals surface area (Å²) in [6.07, 6.45) is 0. The summed E-state index contributed by atoms with van der Waals surface area (Å²) in [6.45, 7) is 6.54. The summed E-state index contributed by atoms with van der Waals surface area (Å²) in [6, 6.07) is 10.4. The molecule has 1 aromatic carbocycles. The van der Waals surface area contributed by atoms with Gasteiger partial charge >= 0.3 is 0 Å². The molecule has 0 bridgehead atoms. The number of nitrogens with one attached hydrogen (secondary N) is 2. The van der Waals surface area contributed by atoms with Crippen LogP contribution in [-0.2, 0) is 13.6 Å². The first kappa shape index (κ1) is 17.5. The Kier molecular flexibility index (Phi) is 5.71. The number of aliphatic imine (C=N–C) groups is 1. The zero-order chi connectivity index (χ0) is 17.6. The first-order valence-electron chi connectivity index (χ1n) is 8.63. The molecule has 0 saturated carbocycles. The monoisotopic (exact) mass is 355 g/mol. The van der Waals surface area contributed by atoms with Crippen LogP contribution in [0.5, 0.6) is 0 Å².